The van der Waals surface area contributed by atoms with Gasteiger partial charge in [0, 0.05) is 12.1 Å². The Labute approximate surface area is 118 Å². The van der Waals surface area contributed by atoms with E-state index < -0.39 is 0 Å². The lowest BCUT2D eigenvalue weighted by Gasteiger charge is -2.06. The van der Waals surface area contributed by atoms with E-state index in [-0.39, 0.29) is 0 Å². The summed E-state index contributed by atoms with van der Waals surface area (Å²) in [5.74, 6) is 0.997. The van der Waals surface area contributed by atoms with E-state index >= 15 is 0 Å². The average Bonchev–Trinajstić information content (AvgIpc) is 3.08. The zero-order valence-corrected chi connectivity index (χ0v) is 11.7. The van der Waals surface area contributed by atoms with Crippen LogP contribution in [0.2, 0.25) is 0 Å². The summed E-state index contributed by atoms with van der Waals surface area (Å²) in [4.78, 5) is 4.41. The summed E-state index contributed by atoms with van der Waals surface area (Å²) in [5, 5.41) is 3.41. The Balaban J connectivity index is 1.79. The first-order valence-corrected chi connectivity index (χ1v) is 7.04. The third-order valence-corrected chi connectivity index (χ3v) is 3.42. The molecule has 0 bridgehead atoms. The highest BCUT2D eigenvalue weighted by molar-refractivity contribution is 5.75. The van der Waals surface area contributed by atoms with Crippen LogP contribution < -0.4 is 5.32 Å². The van der Waals surface area contributed by atoms with Crippen molar-refractivity contribution in [2.24, 2.45) is 0 Å². The Morgan fingerprint density at radius 1 is 1.25 bits per heavy atom. The Morgan fingerprint density at radius 3 is 3.05 bits per heavy atom. The number of aromatic nitrogens is 2. The van der Waals surface area contributed by atoms with Gasteiger partial charge in [-0.1, -0.05) is 19.1 Å². The van der Waals surface area contributed by atoms with Crippen LogP contribution in [0.25, 0.3) is 11.0 Å². The monoisotopic (exact) mass is 269 g/mol. The van der Waals surface area contributed by atoms with E-state index in [0.29, 0.717) is 0 Å². The van der Waals surface area contributed by atoms with Crippen molar-refractivity contribution >= 4 is 11.0 Å². The summed E-state index contributed by atoms with van der Waals surface area (Å²) < 4.78 is 7.75. The van der Waals surface area contributed by atoms with Gasteiger partial charge in [0.1, 0.15) is 5.76 Å². The predicted molar refractivity (Wildman–Crippen MR) is 79.5 cm³/mol. The van der Waals surface area contributed by atoms with Gasteiger partial charge in [0.15, 0.2) is 0 Å². The van der Waals surface area contributed by atoms with E-state index in [1.54, 1.807) is 6.26 Å². The second-order valence-corrected chi connectivity index (χ2v) is 4.91. The smallest absolute Gasteiger partial charge is 0.127 e. The molecule has 0 aliphatic rings. The number of hydrogen-bond acceptors (Lipinski definition) is 3. The molecule has 104 valence electrons. The van der Waals surface area contributed by atoms with Crippen molar-refractivity contribution in [3.05, 3.63) is 54.2 Å². The van der Waals surface area contributed by atoms with E-state index in [9.17, 15) is 0 Å². The van der Waals surface area contributed by atoms with Gasteiger partial charge in [0.25, 0.3) is 0 Å². The van der Waals surface area contributed by atoms with Crippen LogP contribution in [0.4, 0.5) is 0 Å². The lowest BCUT2D eigenvalue weighted by atomic mass is 10.2. The molecule has 0 saturated heterocycles. The highest BCUT2D eigenvalue weighted by Gasteiger charge is 2.09. The molecule has 0 aliphatic heterocycles. The number of para-hydroxylation sites is 2. The van der Waals surface area contributed by atoms with Gasteiger partial charge in [-0.15, -0.1) is 0 Å². The molecule has 3 rings (SSSR count). The highest BCUT2D eigenvalue weighted by Crippen LogP contribution is 2.17. The minimum Gasteiger partial charge on any atom is -0.467 e. The van der Waals surface area contributed by atoms with E-state index in [4.69, 9.17) is 4.42 Å². The lowest BCUT2D eigenvalue weighted by Crippen LogP contribution is -2.14. The second kappa shape index (κ2) is 5.92. The topological polar surface area (TPSA) is 43.0 Å². The van der Waals surface area contributed by atoms with Gasteiger partial charge in [-0.25, -0.2) is 4.98 Å². The zero-order chi connectivity index (χ0) is 13.8. The molecule has 0 saturated carbocycles. The normalized spacial score (nSPS) is 11.2. The van der Waals surface area contributed by atoms with E-state index in [2.05, 4.69) is 27.9 Å². The first kappa shape index (κ1) is 12.9. The average molecular weight is 269 g/mol. The quantitative estimate of drug-likeness (QED) is 0.699. The first-order valence-electron chi connectivity index (χ1n) is 7.04. The van der Waals surface area contributed by atoms with Gasteiger partial charge in [0.2, 0.25) is 0 Å². The summed E-state index contributed by atoms with van der Waals surface area (Å²) >= 11 is 0. The summed E-state index contributed by atoms with van der Waals surface area (Å²) in [6, 6.07) is 10.2. The molecule has 2 heterocycles. The lowest BCUT2D eigenvalue weighted by molar-refractivity contribution is 0.488. The second-order valence-electron chi connectivity index (χ2n) is 4.91. The van der Waals surface area contributed by atoms with Gasteiger partial charge >= 0.3 is 0 Å². The molecular weight excluding hydrogens is 250 g/mol. The standard InChI is InChI=1S/C16H19N3O/c1-2-8-17-10-13-7-9-20-16(13)11-19-12-18-14-5-3-4-6-15(14)19/h3-7,9,12,17H,2,8,10-11H2,1H3. The predicted octanol–water partition coefficient (Wildman–Crippen LogP) is 3.18. The number of nitrogens with zero attached hydrogens (tertiary/aromatic N) is 2. The zero-order valence-electron chi connectivity index (χ0n) is 11.7. The third-order valence-electron chi connectivity index (χ3n) is 3.42. The van der Waals surface area contributed by atoms with Crippen LogP contribution in [0.1, 0.15) is 24.7 Å². The van der Waals surface area contributed by atoms with Crippen molar-refractivity contribution in [1.82, 2.24) is 14.9 Å². The Hall–Kier alpha value is -2.07. The number of benzene rings is 1. The Bertz CT molecular complexity index is 684. The molecule has 0 unspecified atom stereocenters. The number of nitrogens with one attached hydrogen (secondary N) is 1. The molecular formula is C16H19N3O. The Morgan fingerprint density at radius 2 is 2.15 bits per heavy atom. The molecule has 1 N–H and O–H groups in total. The van der Waals surface area contributed by atoms with Gasteiger partial charge in [-0.05, 0) is 31.2 Å². The van der Waals surface area contributed by atoms with Crippen molar-refractivity contribution in [2.45, 2.75) is 26.4 Å². The number of imidazole rings is 1. The van der Waals surface area contributed by atoms with Crippen molar-refractivity contribution in [3.8, 4) is 0 Å². The summed E-state index contributed by atoms with van der Waals surface area (Å²) in [6.45, 7) is 4.77. The van der Waals surface area contributed by atoms with E-state index in [1.165, 1.54) is 5.56 Å². The Kier molecular flexibility index (Phi) is 3.83. The molecule has 1 aromatic carbocycles. The molecule has 0 aliphatic carbocycles. The molecule has 2 aromatic heterocycles. The number of furan rings is 1. The van der Waals surface area contributed by atoms with Gasteiger partial charge in [-0.2, -0.15) is 0 Å². The molecule has 0 fully saturated rings. The molecule has 0 spiro atoms. The fourth-order valence-electron chi connectivity index (χ4n) is 2.35. The van der Waals surface area contributed by atoms with Gasteiger partial charge < -0.3 is 14.3 Å². The molecule has 4 nitrogen and oxygen atoms in total. The maximum Gasteiger partial charge on any atom is 0.127 e. The van der Waals surface area contributed by atoms with E-state index in [0.717, 1.165) is 42.8 Å². The van der Waals surface area contributed by atoms with Crippen LogP contribution >= 0.6 is 0 Å². The molecule has 0 radical (unpaired) electrons. The molecule has 20 heavy (non-hydrogen) atoms. The SMILES string of the molecule is CCCNCc1ccoc1Cn1cnc2ccccc21. The van der Waals surface area contributed by atoms with Crippen LogP contribution in [0.5, 0.6) is 0 Å². The summed E-state index contributed by atoms with van der Waals surface area (Å²) in [6.07, 6.45) is 4.77. The van der Waals surface area contributed by atoms with Crippen LogP contribution in [-0.2, 0) is 13.1 Å². The summed E-state index contributed by atoms with van der Waals surface area (Å²) in [5.41, 5.74) is 3.37. The van der Waals surface area contributed by atoms with Gasteiger partial charge in [0.05, 0.1) is 30.2 Å². The van der Waals surface area contributed by atoms with Crippen molar-refractivity contribution < 1.29 is 4.42 Å². The largest absolute Gasteiger partial charge is 0.467 e. The maximum atomic E-state index is 5.63. The van der Waals surface area contributed by atoms with Crippen molar-refractivity contribution in [2.75, 3.05) is 6.54 Å². The molecule has 0 atom stereocenters. The summed E-state index contributed by atoms with van der Waals surface area (Å²) in [7, 11) is 0. The van der Waals surface area contributed by atoms with E-state index in [1.807, 2.05) is 30.6 Å². The molecule has 0 amide bonds. The fraction of sp³-hybridized carbons (Fsp3) is 0.312. The third kappa shape index (κ3) is 2.60. The van der Waals surface area contributed by atoms with Crippen LogP contribution in [0, 0.1) is 0 Å². The first-order chi connectivity index (χ1) is 9.88. The molecule has 3 aromatic rings. The molecule has 4 heteroatoms. The van der Waals surface area contributed by atoms with Crippen LogP contribution in [0.15, 0.2) is 47.3 Å². The number of rotatable bonds is 6. The fourth-order valence-corrected chi connectivity index (χ4v) is 2.35. The number of fused-ring (bicyclic) bond motifs is 1. The highest BCUT2D eigenvalue weighted by atomic mass is 16.3. The van der Waals surface area contributed by atoms with Crippen molar-refractivity contribution in [3.63, 3.8) is 0 Å². The minimum absolute atomic E-state index is 0.719. The van der Waals surface area contributed by atoms with Crippen LogP contribution in [-0.4, -0.2) is 16.1 Å². The number of hydrogen-bond donors (Lipinski definition) is 1. The van der Waals surface area contributed by atoms with Crippen LogP contribution in [0.3, 0.4) is 0 Å². The maximum absolute atomic E-state index is 5.63. The minimum atomic E-state index is 0.719. The van der Waals surface area contributed by atoms with Gasteiger partial charge in [-0.3, -0.25) is 0 Å². The van der Waals surface area contributed by atoms with Crippen molar-refractivity contribution in [1.29, 1.82) is 0 Å².